The molecule has 0 aromatic heterocycles. The Morgan fingerprint density at radius 3 is 1.03 bits per heavy atom. The molecule has 0 fully saturated rings. The standard InChI is InChI=1S/C31H34/c1-20-11-21(2)15-27(14-20)31(30-10-8-9-26(30)7,28-16-22(3)12-23(4)17-28)29-18-24(5)13-25(6)19-29/h9-19H,8H2,1-7H3. The fourth-order valence-electron chi connectivity index (χ4n) is 5.61. The number of benzene rings is 3. The van der Waals surface area contributed by atoms with E-state index in [1.807, 2.05) is 0 Å². The number of aryl methyl sites for hydroxylation is 6. The predicted molar refractivity (Wildman–Crippen MR) is 134 cm³/mol. The third-order valence-corrected chi connectivity index (χ3v) is 6.54. The monoisotopic (exact) mass is 406 g/mol. The van der Waals surface area contributed by atoms with E-state index < -0.39 is 0 Å². The summed E-state index contributed by atoms with van der Waals surface area (Å²) < 4.78 is 0. The van der Waals surface area contributed by atoms with Crippen LogP contribution >= 0.6 is 0 Å². The highest BCUT2D eigenvalue weighted by molar-refractivity contribution is 5.66. The van der Waals surface area contributed by atoms with E-state index in [0.717, 1.165) is 6.42 Å². The Morgan fingerprint density at radius 2 is 0.774 bits per heavy atom. The van der Waals surface area contributed by atoms with E-state index >= 15 is 0 Å². The van der Waals surface area contributed by atoms with Crippen LogP contribution in [0.2, 0.25) is 0 Å². The zero-order chi connectivity index (χ0) is 22.3. The molecule has 0 atom stereocenters. The molecule has 4 rings (SSSR count). The first kappa shape index (κ1) is 21.4. The molecule has 158 valence electrons. The largest absolute Gasteiger partial charge is 0.0775 e. The van der Waals surface area contributed by atoms with Crippen molar-refractivity contribution in [3.63, 3.8) is 0 Å². The van der Waals surface area contributed by atoms with Gasteiger partial charge in [0, 0.05) is 0 Å². The Hall–Kier alpha value is -2.86. The van der Waals surface area contributed by atoms with Gasteiger partial charge in [-0.25, -0.2) is 0 Å². The fourth-order valence-corrected chi connectivity index (χ4v) is 5.61. The van der Waals surface area contributed by atoms with Gasteiger partial charge in [0.25, 0.3) is 0 Å². The summed E-state index contributed by atoms with van der Waals surface area (Å²) in [5, 5.41) is 0. The van der Waals surface area contributed by atoms with Gasteiger partial charge in [-0.15, -0.1) is 0 Å². The lowest BCUT2D eigenvalue weighted by Gasteiger charge is -2.39. The van der Waals surface area contributed by atoms with Crippen molar-refractivity contribution >= 4 is 0 Å². The van der Waals surface area contributed by atoms with Gasteiger partial charge < -0.3 is 0 Å². The number of allylic oxidation sites excluding steroid dienone is 4. The number of hydrogen-bond donors (Lipinski definition) is 0. The molecular formula is C31H34. The average molecular weight is 407 g/mol. The van der Waals surface area contributed by atoms with Crippen molar-refractivity contribution in [1.82, 2.24) is 0 Å². The zero-order valence-electron chi connectivity index (χ0n) is 20.1. The van der Waals surface area contributed by atoms with Gasteiger partial charge in [0.05, 0.1) is 5.41 Å². The molecule has 1 aliphatic rings. The molecule has 1 aliphatic carbocycles. The maximum Gasteiger partial charge on any atom is 0.0701 e. The lowest BCUT2D eigenvalue weighted by atomic mass is 9.62. The first-order valence-corrected chi connectivity index (χ1v) is 11.3. The minimum atomic E-state index is -0.332. The molecule has 0 aliphatic heterocycles. The molecule has 0 bridgehead atoms. The van der Waals surface area contributed by atoms with Crippen molar-refractivity contribution in [3.05, 3.63) is 128 Å². The molecule has 31 heavy (non-hydrogen) atoms. The van der Waals surface area contributed by atoms with Crippen LogP contribution in [0, 0.1) is 41.5 Å². The highest BCUT2D eigenvalue weighted by Crippen LogP contribution is 2.50. The highest BCUT2D eigenvalue weighted by atomic mass is 14.4. The van der Waals surface area contributed by atoms with E-state index in [2.05, 4.69) is 115 Å². The molecule has 0 nitrogen and oxygen atoms in total. The zero-order valence-corrected chi connectivity index (χ0v) is 20.1. The summed E-state index contributed by atoms with van der Waals surface area (Å²) in [5.74, 6) is 0. The van der Waals surface area contributed by atoms with Gasteiger partial charge in [0.15, 0.2) is 0 Å². The summed E-state index contributed by atoms with van der Waals surface area (Å²) in [5.41, 5.74) is 14.4. The normalized spacial score (nSPS) is 13.9. The van der Waals surface area contributed by atoms with Crippen LogP contribution in [0.25, 0.3) is 0 Å². The first-order valence-electron chi connectivity index (χ1n) is 11.3. The van der Waals surface area contributed by atoms with Crippen LogP contribution in [0.1, 0.15) is 63.4 Å². The molecule has 0 saturated carbocycles. The first-order chi connectivity index (χ1) is 14.7. The molecule has 3 aromatic rings. The van der Waals surface area contributed by atoms with Crippen LogP contribution in [0.3, 0.4) is 0 Å². The SMILES string of the molecule is CC1=CCC=C1C(c1cc(C)cc(C)c1)(c1cc(C)cc(C)c1)c1cc(C)cc(C)c1. The van der Waals surface area contributed by atoms with Crippen LogP contribution in [0.5, 0.6) is 0 Å². The third-order valence-electron chi connectivity index (χ3n) is 6.54. The van der Waals surface area contributed by atoms with Crippen LogP contribution in [0.4, 0.5) is 0 Å². The fraction of sp³-hybridized carbons (Fsp3) is 0.290. The Labute approximate surface area is 188 Å². The molecule has 0 spiro atoms. The lowest BCUT2D eigenvalue weighted by Crippen LogP contribution is -2.33. The number of hydrogen-bond acceptors (Lipinski definition) is 0. The number of rotatable bonds is 4. The molecule has 0 heterocycles. The topological polar surface area (TPSA) is 0 Å². The highest BCUT2D eigenvalue weighted by Gasteiger charge is 2.42. The van der Waals surface area contributed by atoms with Gasteiger partial charge >= 0.3 is 0 Å². The maximum absolute atomic E-state index is 2.45. The summed E-state index contributed by atoms with van der Waals surface area (Å²) >= 11 is 0. The Bertz CT molecular complexity index is 1030. The van der Waals surface area contributed by atoms with Gasteiger partial charge in [-0.1, -0.05) is 106 Å². The molecule has 0 unspecified atom stereocenters. The second kappa shape index (κ2) is 8.00. The molecule has 0 radical (unpaired) electrons. The molecule has 0 N–H and O–H groups in total. The Kier molecular flexibility index (Phi) is 5.52. The van der Waals surface area contributed by atoms with Crippen LogP contribution in [0.15, 0.2) is 77.9 Å². The molecule has 0 saturated heterocycles. The van der Waals surface area contributed by atoms with E-state index in [9.17, 15) is 0 Å². The summed E-state index contributed by atoms with van der Waals surface area (Å²) in [6.45, 7) is 15.6. The van der Waals surface area contributed by atoms with Crippen LogP contribution < -0.4 is 0 Å². The van der Waals surface area contributed by atoms with Crippen molar-refractivity contribution in [1.29, 1.82) is 0 Å². The summed E-state index contributed by atoms with van der Waals surface area (Å²) in [6.07, 6.45) is 5.82. The molecule has 0 heteroatoms. The van der Waals surface area contributed by atoms with Crippen molar-refractivity contribution < 1.29 is 0 Å². The van der Waals surface area contributed by atoms with Crippen molar-refractivity contribution in [3.8, 4) is 0 Å². The van der Waals surface area contributed by atoms with Crippen LogP contribution in [-0.2, 0) is 5.41 Å². The Balaban J connectivity index is 2.22. The Morgan fingerprint density at radius 1 is 0.452 bits per heavy atom. The third kappa shape index (κ3) is 3.81. The average Bonchev–Trinajstić information content (AvgIpc) is 3.06. The molecular weight excluding hydrogens is 372 g/mol. The van der Waals surface area contributed by atoms with E-state index in [1.54, 1.807) is 0 Å². The van der Waals surface area contributed by atoms with Crippen molar-refractivity contribution in [2.45, 2.75) is 60.3 Å². The van der Waals surface area contributed by atoms with Gasteiger partial charge in [-0.05, 0) is 77.2 Å². The lowest BCUT2D eigenvalue weighted by molar-refractivity contribution is 0.728. The van der Waals surface area contributed by atoms with E-state index in [0.29, 0.717) is 0 Å². The second-order valence-corrected chi connectivity index (χ2v) is 9.62. The minimum Gasteiger partial charge on any atom is -0.0775 e. The maximum atomic E-state index is 2.45. The minimum absolute atomic E-state index is 0.332. The summed E-state index contributed by atoms with van der Waals surface area (Å²) in [4.78, 5) is 0. The van der Waals surface area contributed by atoms with Crippen molar-refractivity contribution in [2.75, 3.05) is 0 Å². The van der Waals surface area contributed by atoms with E-state index in [1.165, 1.54) is 61.2 Å². The van der Waals surface area contributed by atoms with E-state index in [4.69, 9.17) is 0 Å². The van der Waals surface area contributed by atoms with Crippen molar-refractivity contribution in [2.24, 2.45) is 0 Å². The molecule has 0 amide bonds. The van der Waals surface area contributed by atoms with Gasteiger partial charge in [-0.2, -0.15) is 0 Å². The smallest absolute Gasteiger partial charge is 0.0701 e. The second-order valence-electron chi connectivity index (χ2n) is 9.62. The molecule has 3 aromatic carbocycles. The van der Waals surface area contributed by atoms with Gasteiger partial charge in [0.2, 0.25) is 0 Å². The summed E-state index contributed by atoms with van der Waals surface area (Å²) in [7, 11) is 0. The summed E-state index contributed by atoms with van der Waals surface area (Å²) in [6, 6.07) is 21.2. The van der Waals surface area contributed by atoms with E-state index in [-0.39, 0.29) is 5.41 Å². The van der Waals surface area contributed by atoms with Gasteiger partial charge in [-0.3, -0.25) is 0 Å². The predicted octanol–water partition coefficient (Wildman–Crippen LogP) is 8.15. The van der Waals surface area contributed by atoms with Crippen LogP contribution in [-0.4, -0.2) is 0 Å². The quantitative estimate of drug-likeness (QED) is 0.383. The van der Waals surface area contributed by atoms with Gasteiger partial charge in [0.1, 0.15) is 0 Å².